The Morgan fingerprint density at radius 3 is 2.36 bits per heavy atom. The van der Waals surface area contributed by atoms with Crippen LogP contribution in [0.15, 0.2) is 48.5 Å². The van der Waals surface area contributed by atoms with E-state index in [1.54, 1.807) is 24.3 Å². The number of carbonyl (C=O) groups is 2. The first-order valence-electron chi connectivity index (χ1n) is 7.53. The van der Waals surface area contributed by atoms with E-state index in [0.717, 1.165) is 17.7 Å². The van der Waals surface area contributed by atoms with E-state index in [1.807, 2.05) is 0 Å². The highest BCUT2D eigenvalue weighted by Crippen LogP contribution is 2.29. The minimum Gasteiger partial charge on any atom is -0.352 e. The number of benzene rings is 2. The number of carbonyl (C=O) groups excluding carboxylic acids is 2. The van der Waals surface area contributed by atoms with Gasteiger partial charge in [0, 0.05) is 19.2 Å². The smallest absolute Gasteiger partial charge is 0.352 e. The van der Waals surface area contributed by atoms with Gasteiger partial charge in [-0.1, -0.05) is 30.3 Å². The third-order valence-electron chi connectivity index (χ3n) is 3.36. The van der Waals surface area contributed by atoms with Crippen LogP contribution in [0.4, 0.5) is 18.9 Å². The van der Waals surface area contributed by atoms with Gasteiger partial charge in [-0.3, -0.25) is 9.59 Å². The lowest BCUT2D eigenvalue weighted by Crippen LogP contribution is -2.24. The molecule has 0 unspecified atom stereocenters. The van der Waals surface area contributed by atoms with Crippen LogP contribution in [0, 0.1) is 0 Å². The molecule has 25 heavy (non-hydrogen) atoms. The van der Waals surface area contributed by atoms with Crippen molar-refractivity contribution in [2.75, 3.05) is 5.32 Å². The van der Waals surface area contributed by atoms with Gasteiger partial charge >= 0.3 is 6.18 Å². The third-order valence-corrected chi connectivity index (χ3v) is 3.36. The maximum atomic E-state index is 12.7. The van der Waals surface area contributed by atoms with Crippen molar-refractivity contribution < 1.29 is 22.8 Å². The van der Waals surface area contributed by atoms with Crippen molar-refractivity contribution in [3.05, 3.63) is 65.2 Å². The number of alkyl halides is 3. The van der Waals surface area contributed by atoms with Gasteiger partial charge in [-0.2, -0.15) is 13.2 Å². The Balaban J connectivity index is 1.94. The molecule has 2 aromatic rings. The summed E-state index contributed by atoms with van der Waals surface area (Å²) in [6.45, 7) is 1.61. The van der Waals surface area contributed by atoms with E-state index >= 15 is 0 Å². The molecule has 2 rings (SSSR count). The van der Waals surface area contributed by atoms with E-state index in [0.29, 0.717) is 11.3 Å². The molecule has 0 aliphatic heterocycles. The highest BCUT2D eigenvalue weighted by atomic mass is 19.4. The van der Waals surface area contributed by atoms with Crippen LogP contribution in [0.25, 0.3) is 0 Å². The molecule has 7 heteroatoms. The Hall–Kier alpha value is -2.83. The van der Waals surface area contributed by atoms with Crippen LogP contribution in [0.3, 0.4) is 0 Å². The van der Waals surface area contributed by atoms with Gasteiger partial charge in [-0.15, -0.1) is 0 Å². The van der Waals surface area contributed by atoms with Crippen molar-refractivity contribution >= 4 is 17.5 Å². The molecule has 0 bridgehead atoms. The quantitative estimate of drug-likeness (QED) is 0.867. The SMILES string of the molecule is CC(=O)Nc1cccc(CNC(=O)Cc2cccc(C(F)(F)F)c2)c1. The predicted octanol–water partition coefficient (Wildman–Crippen LogP) is 3.52. The van der Waals surface area contributed by atoms with Crippen molar-refractivity contribution in [1.29, 1.82) is 0 Å². The largest absolute Gasteiger partial charge is 0.416 e. The van der Waals surface area contributed by atoms with Crippen LogP contribution in [0.5, 0.6) is 0 Å². The molecule has 0 saturated heterocycles. The maximum Gasteiger partial charge on any atom is 0.416 e. The molecule has 2 amide bonds. The highest BCUT2D eigenvalue weighted by molar-refractivity contribution is 5.88. The fourth-order valence-corrected chi connectivity index (χ4v) is 2.27. The second-order valence-corrected chi connectivity index (χ2v) is 5.53. The zero-order valence-corrected chi connectivity index (χ0v) is 13.5. The van der Waals surface area contributed by atoms with Crippen LogP contribution >= 0.6 is 0 Å². The van der Waals surface area contributed by atoms with Gasteiger partial charge in [0.2, 0.25) is 11.8 Å². The van der Waals surface area contributed by atoms with Crippen molar-refractivity contribution in [1.82, 2.24) is 5.32 Å². The number of hydrogen-bond donors (Lipinski definition) is 2. The lowest BCUT2D eigenvalue weighted by molar-refractivity contribution is -0.137. The Kier molecular flexibility index (Phi) is 5.80. The van der Waals surface area contributed by atoms with E-state index in [9.17, 15) is 22.8 Å². The molecule has 2 N–H and O–H groups in total. The van der Waals surface area contributed by atoms with E-state index in [2.05, 4.69) is 10.6 Å². The summed E-state index contributed by atoms with van der Waals surface area (Å²) in [5, 5.41) is 5.29. The van der Waals surface area contributed by atoms with Crippen LogP contribution in [0.2, 0.25) is 0 Å². The molecule has 0 aromatic heterocycles. The second kappa shape index (κ2) is 7.83. The number of hydrogen-bond acceptors (Lipinski definition) is 2. The summed E-state index contributed by atoms with van der Waals surface area (Å²) in [6.07, 6.45) is -4.58. The van der Waals surface area contributed by atoms with Crippen LogP contribution in [-0.4, -0.2) is 11.8 Å². The van der Waals surface area contributed by atoms with Crippen LogP contribution < -0.4 is 10.6 Å². The minimum atomic E-state index is -4.43. The van der Waals surface area contributed by atoms with Gasteiger partial charge in [0.15, 0.2) is 0 Å². The standard InChI is InChI=1S/C18H17F3N2O2/c1-12(24)23-16-7-3-5-14(9-16)11-22-17(25)10-13-4-2-6-15(8-13)18(19,20)21/h2-9H,10-11H2,1H3,(H,22,25)(H,23,24). The molecule has 0 heterocycles. The lowest BCUT2D eigenvalue weighted by atomic mass is 10.1. The number of amides is 2. The zero-order valence-electron chi connectivity index (χ0n) is 13.5. The Labute approximate surface area is 143 Å². The summed E-state index contributed by atoms with van der Waals surface area (Å²) in [7, 11) is 0. The normalized spacial score (nSPS) is 11.0. The fraction of sp³-hybridized carbons (Fsp3) is 0.222. The maximum absolute atomic E-state index is 12.7. The molecule has 0 radical (unpaired) electrons. The van der Waals surface area contributed by atoms with Gasteiger partial charge < -0.3 is 10.6 Å². The Morgan fingerprint density at radius 2 is 1.68 bits per heavy atom. The first-order chi connectivity index (χ1) is 11.7. The van der Waals surface area contributed by atoms with E-state index in [-0.39, 0.29) is 24.8 Å². The average Bonchev–Trinajstić information content (AvgIpc) is 2.52. The lowest BCUT2D eigenvalue weighted by Gasteiger charge is -2.10. The minimum absolute atomic E-state index is 0.144. The van der Waals surface area contributed by atoms with Crippen molar-refractivity contribution in [2.24, 2.45) is 0 Å². The Bertz CT molecular complexity index is 773. The second-order valence-electron chi connectivity index (χ2n) is 5.53. The van der Waals surface area contributed by atoms with Crippen molar-refractivity contribution in [3.63, 3.8) is 0 Å². The van der Waals surface area contributed by atoms with Crippen molar-refractivity contribution in [3.8, 4) is 0 Å². The topological polar surface area (TPSA) is 58.2 Å². The molecule has 0 spiro atoms. The average molecular weight is 350 g/mol. The first kappa shape index (κ1) is 18.5. The number of anilines is 1. The summed E-state index contributed by atoms with van der Waals surface area (Å²) >= 11 is 0. The van der Waals surface area contributed by atoms with Gasteiger partial charge in [-0.25, -0.2) is 0 Å². The zero-order chi connectivity index (χ0) is 18.4. The van der Waals surface area contributed by atoms with Crippen LogP contribution in [-0.2, 0) is 28.7 Å². The van der Waals surface area contributed by atoms with E-state index < -0.39 is 11.7 Å². The van der Waals surface area contributed by atoms with Gasteiger partial charge in [0.1, 0.15) is 0 Å². The molecule has 0 fully saturated rings. The molecule has 132 valence electrons. The van der Waals surface area contributed by atoms with Gasteiger partial charge in [0.05, 0.1) is 12.0 Å². The summed E-state index contributed by atoms with van der Waals surface area (Å²) < 4.78 is 38.0. The number of rotatable bonds is 5. The van der Waals surface area contributed by atoms with E-state index in [4.69, 9.17) is 0 Å². The number of nitrogens with one attached hydrogen (secondary N) is 2. The molecule has 0 aliphatic carbocycles. The molecule has 0 saturated carbocycles. The van der Waals surface area contributed by atoms with Crippen LogP contribution in [0.1, 0.15) is 23.6 Å². The molecule has 4 nitrogen and oxygen atoms in total. The summed E-state index contributed by atoms with van der Waals surface area (Å²) in [4.78, 5) is 23.0. The van der Waals surface area contributed by atoms with Crippen molar-refractivity contribution in [2.45, 2.75) is 26.1 Å². The summed E-state index contributed by atoms with van der Waals surface area (Å²) in [5.74, 6) is -0.588. The monoisotopic (exact) mass is 350 g/mol. The van der Waals surface area contributed by atoms with Gasteiger partial charge in [0.25, 0.3) is 0 Å². The fourth-order valence-electron chi connectivity index (χ4n) is 2.27. The number of halogens is 3. The summed E-state index contributed by atoms with van der Waals surface area (Å²) in [6, 6.07) is 11.6. The molecule has 2 aromatic carbocycles. The highest BCUT2D eigenvalue weighted by Gasteiger charge is 2.30. The summed E-state index contributed by atoms with van der Waals surface area (Å²) in [5.41, 5.74) is 0.890. The first-order valence-corrected chi connectivity index (χ1v) is 7.53. The predicted molar refractivity (Wildman–Crippen MR) is 87.7 cm³/mol. The molecule has 0 atom stereocenters. The van der Waals surface area contributed by atoms with Gasteiger partial charge in [-0.05, 0) is 29.3 Å². The van der Waals surface area contributed by atoms with E-state index in [1.165, 1.54) is 19.1 Å². The molecule has 0 aliphatic rings. The third kappa shape index (κ3) is 5.95. The molecular weight excluding hydrogens is 333 g/mol. The molecular formula is C18H17F3N2O2. The Morgan fingerprint density at radius 1 is 1.00 bits per heavy atom.